The van der Waals surface area contributed by atoms with Crippen LogP contribution in [0, 0.1) is 11.8 Å². The number of aryl methyl sites for hydroxylation is 1. The first-order chi connectivity index (χ1) is 14.5. The molecule has 1 aromatic heterocycles. The minimum absolute atomic E-state index is 0.0677. The van der Waals surface area contributed by atoms with Crippen molar-refractivity contribution in [2.24, 2.45) is 11.8 Å². The molecule has 1 heterocycles. The smallest absolute Gasteiger partial charge is 0.273 e. The monoisotopic (exact) mass is 412 g/mol. The number of hydrogen-bond acceptors (Lipinski definition) is 4. The Morgan fingerprint density at radius 2 is 1.73 bits per heavy atom. The van der Waals surface area contributed by atoms with Crippen LogP contribution >= 0.6 is 0 Å². The zero-order valence-electron chi connectivity index (χ0n) is 17.9. The van der Waals surface area contributed by atoms with E-state index in [1.54, 1.807) is 24.3 Å². The topological polar surface area (TPSA) is 93.1 Å². The highest BCUT2D eigenvalue weighted by Crippen LogP contribution is 2.31. The third-order valence-corrected chi connectivity index (χ3v) is 6.00. The number of hydrogen-bond donors (Lipinski definition) is 2. The quantitative estimate of drug-likeness (QED) is 0.680. The van der Waals surface area contributed by atoms with Crippen molar-refractivity contribution < 1.29 is 9.59 Å². The van der Waals surface area contributed by atoms with Gasteiger partial charge in [0, 0.05) is 17.8 Å². The fourth-order valence-electron chi connectivity index (χ4n) is 4.25. The molecule has 1 aliphatic carbocycles. The summed E-state index contributed by atoms with van der Waals surface area (Å²) in [5.74, 6) is -0.00907. The number of hydrazine groups is 1. The molecule has 0 radical (unpaired) electrons. The van der Waals surface area contributed by atoms with Crippen LogP contribution in [0.5, 0.6) is 0 Å². The maximum Gasteiger partial charge on any atom is 0.290 e. The standard InChI is InChI=1S/C23H32N4O3/c1-3-5-8-16-11-13-17(14-12-16)21(28)24-25-22(29)20-18-9-6-7-10-19(18)23(30)27(26-20)15-4-2/h6-7,9-10,16-17H,3-5,8,11-15H2,1-2H3,(H,24,28)(H,25,29). The van der Waals surface area contributed by atoms with E-state index in [9.17, 15) is 14.4 Å². The van der Waals surface area contributed by atoms with E-state index in [0.29, 0.717) is 17.3 Å². The van der Waals surface area contributed by atoms with Gasteiger partial charge < -0.3 is 0 Å². The van der Waals surface area contributed by atoms with E-state index in [1.807, 2.05) is 6.92 Å². The minimum atomic E-state index is -0.513. The lowest BCUT2D eigenvalue weighted by molar-refractivity contribution is -0.127. The maximum absolute atomic E-state index is 12.8. The summed E-state index contributed by atoms with van der Waals surface area (Å²) in [5.41, 5.74) is 5.01. The van der Waals surface area contributed by atoms with Crippen LogP contribution in [0.25, 0.3) is 10.8 Å². The number of carbonyl (C=O) groups excluding carboxylic acids is 2. The van der Waals surface area contributed by atoms with E-state index < -0.39 is 5.91 Å². The number of nitrogens with one attached hydrogen (secondary N) is 2. The van der Waals surface area contributed by atoms with Crippen LogP contribution in [0.3, 0.4) is 0 Å². The number of aromatic nitrogens is 2. The molecule has 162 valence electrons. The van der Waals surface area contributed by atoms with Gasteiger partial charge in [0.2, 0.25) is 5.91 Å². The third kappa shape index (κ3) is 5.07. The summed E-state index contributed by atoms with van der Waals surface area (Å²) in [5, 5.41) is 5.19. The molecular formula is C23H32N4O3. The zero-order valence-corrected chi connectivity index (χ0v) is 17.9. The van der Waals surface area contributed by atoms with Crippen LogP contribution in [0.15, 0.2) is 29.1 Å². The van der Waals surface area contributed by atoms with Gasteiger partial charge in [-0.2, -0.15) is 5.10 Å². The molecule has 1 fully saturated rings. The van der Waals surface area contributed by atoms with Crippen molar-refractivity contribution in [1.82, 2.24) is 20.6 Å². The number of fused-ring (bicyclic) bond motifs is 1. The van der Waals surface area contributed by atoms with Gasteiger partial charge >= 0.3 is 0 Å². The third-order valence-electron chi connectivity index (χ3n) is 6.00. The zero-order chi connectivity index (χ0) is 21.5. The van der Waals surface area contributed by atoms with Crippen molar-refractivity contribution in [3.63, 3.8) is 0 Å². The normalized spacial score (nSPS) is 18.9. The molecule has 3 rings (SSSR count). The van der Waals surface area contributed by atoms with E-state index in [0.717, 1.165) is 38.0 Å². The molecule has 0 aliphatic heterocycles. The first kappa shape index (κ1) is 22.0. The number of amides is 2. The van der Waals surface area contributed by atoms with Gasteiger partial charge in [0.1, 0.15) is 0 Å². The van der Waals surface area contributed by atoms with E-state index >= 15 is 0 Å². The predicted molar refractivity (Wildman–Crippen MR) is 117 cm³/mol. The van der Waals surface area contributed by atoms with Gasteiger partial charge in [0.05, 0.1) is 5.39 Å². The second kappa shape index (κ2) is 10.4. The average molecular weight is 413 g/mol. The summed E-state index contributed by atoms with van der Waals surface area (Å²) < 4.78 is 1.32. The van der Waals surface area contributed by atoms with Crippen LogP contribution in [0.2, 0.25) is 0 Å². The molecular weight excluding hydrogens is 380 g/mol. The molecule has 7 nitrogen and oxygen atoms in total. The Morgan fingerprint density at radius 3 is 2.40 bits per heavy atom. The highest BCUT2D eigenvalue weighted by molar-refractivity contribution is 6.05. The lowest BCUT2D eigenvalue weighted by Crippen LogP contribution is -2.46. The van der Waals surface area contributed by atoms with Gasteiger partial charge in [-0.25, -0.2) is 4.68 Å². The molecule has 2 aromatic rings. The molecule has 30 heavy (non-hydrogen) atoms. The van der Waals surface area contributed by atoms with Crippen LogP contribution in [0.4, 0.5) is 0 Å². The molecule has 1 aliphatic rings. The summed E-state index contributed by atoms with van der Waals surface area (Å²) in [6.07, 6.45) is 8.29. The fraction of sp³-hybridized carbons (Fsp3) is 0.565. The Labute approximate surface area is 177 Å². The van der Waals surface area contributed by atoms with Crippen molar-refractivity contribution in [2.75, 3.05) is 0 Å². The Morgan fingerprint density at radius 1 is 1.03 bits per heavy atom. The maximum atomic E-state index is 12.8. The molecule has 2 amide bonds. The van der Waals surface area contributed by atoms with Crippen LogP contribution in [-0.2, 0) is 11.3 Å². The van der Waals surface area contributed by atoms with E-state index in [2.05, 4.69) is 22.9 Å². The van der Waals surface area contributed by atoms with Gasteiger partial charge in [-0.05, 0) is 44.1 Å². The molecule has 0 bridgehead atoms. The summed E-state index contributed by atoms with van der Waals surface area (Å²) in [6.45, 7) is 4.58. The lowest BCUT2D eigenvalue weighted by Gasteiger charge is -2.27. The highest BCUT2D eigenvalue weighted by atomic mass is 16.2. The molecule has 2 N–H and O–H groups in total. The number of benzene rings is 1. The van der Waals surface area contributed by atoms with Crippen molar-refractivity contribution >= 4 is 22.6 Å². The van der Waals surface area contributed by atoms with E-state index in [4.69, 9.17) is 0 Å². The molecule has 1 aromatic carbocycles. The highest BCUT2D eigenvalue weighted by Gasteiger charge is 2.26. The van der Waals surface area contributed by atoms with Gasteiger partial charge in [-0.15, -0.1) is 0 Å². The van der Waals surface area contributed by atoms with Crippen LogP contribution in [0.1, 0.15) is 75.7 Å². The minimum Gasteiger partial charge on any atom is -0.273 e. The largest absolute Gasteiger partial charge is 0.290 e. The van der Waals surface area contributed by atoms with Crippen molar-refractivity contribution in [3.05, 3.63) is 40.3 Å². The number of unbranched alkanes of at least 4 members (excludes halogenated alkanes) is 1. The first-order valence-corrected chi connectivity index (χ1v) is 11.1. The summed E-state index contributed by atoms with van der Waals surface area (Å²) in [7, 11) is 0. The molecule has 7 heteroatoms. The molecule has 1 saturated carbocycles. The first-order valence-electron chi connectivity index (χ1n) is 11.1. The van der Waals surface area contributed by atoms with E-state index in [1.165, 1.54) is 23.9 Å². The van der Waals surface area contributed by atoms with Crippen molar-refractivity contribution in [3.8, 4) is 0 Å². The lowest BCUT2D eigenvalue weighted by atomic mass is 9.79. The Kier molecular flexibility index (Phi) is 7.60. The van der Waals surface area contributed by atoms with Crippen LogP contribution in [-0.4, -0.2) is 21.6 Å². The molecule has 0 saturated heterocycles. The summed E-state index contributed by atoms with van der Waals surface area (Å²) >= 11 is 0. The summed E-state index contributed by atoms with van der Waals surface area (Å²) in [4.78, 5) is 37.9. The molecule has 0 spiro atoms. The Balaban J connectivity index is 1.65. The summed E-state index contributed by atoms with van der Waals surface area (Å²) in [6, 6.07) is 6.92. The van der Waals surface area contributed by atoms with Crippen molar-refractivity contribution in [2.45, 2.75) is 71.8 Å². The number of rotatable bonds is 7. The number of carbonyl (C=O) groups is 2. The fourth-order valence-corrected chi connectivity index (χ4v) is 4.25. The molecule has 0 unspecified atom stereocenters. The Bertz CT molecular complexity index is 945. The van der Waals surface area contributed by atoms with Gasteiger partial charge in [0.25, 0.3) is 11.5 Å². The SMILES string of the molecule is CCCCC1CCC(C(=O)NNC(=O)c2nn(CCC)c(=O)c3ccccc23)CC1. The van der Waals surface area contributed by atoms with E-state index in [-0.39, 0.29) is 23.1 Å². The Hall–Kier alpha value is -2.70. The molecule has 0 atom stereocenters. The number of nitrogens with zero attached hydrogens (tertiary/aromatic N) is 2. The van der Waals surface area contributed by atoms with Crippen LogP contribution < -0.4 is 16.4 Å². The van der Waals surface area contributed by atoms with Gasteiger partial charge in [-0.3, -0.25) is 25.2 Å². The second-order valence-electron chi connectivity index (χ2n) is 8.23. The predicted octanol–water partition coefficient (Wildman–Crippen LogP) is 3.56. The second-order valence-corrected chi connectivity index (χ2v) is 8.23. The van der Waals surface area contributed by atoms with Crippen molar-refractivity contribution in [1.29, 1.82) is 0 Å². The average Bonchev–Trinajstić information content (AvgIpc) is 2.78. The van der Waals surface area contributed by atoms with Gasteiger partial charge in [0.15, 0.2) is 5.69 Å². The van der Waals surface area contributed by atoms with Gasteiger partial charge in [-0.1, -0.05) is 51.3 Å².